The van der Waals surface area contributed by atoms with Crippen LogP contribution in [0.25, 0.3) is 0 Å². The zero-order chi connectivity index (χ0) is 20.9. The lowest BCUT2D eigenvalue weighted by atomic mass is 9.90. The Balaban J connectivity index is 2.10. The van der Waals surface area contributed by atoms with Gasteiger partial charge in [0, 0.05) is 16.9 Å². The van der Waals surface area contributed by atoms with E-state index in [2.05, 4.69) is 15.4 Å². The van der Waals surface area contributed by atoms with Crippen LogP contribution in [0.2, 0.25) is 0 Å². The molecule has 7 nitrogen and oxygen atoms in total. The largest absolute Gasteiger partial charge is 0.465 e. The molecule has 0 fully saturated rings. The lowest BCUT2D eigenvalue weighted by molar-refractivity contribution is -0.135. The number of anilines is 2. The summed E-state index contributed by atoms with van der Waals surface area (Å²) in [6.07, 6.45) is 0. The maximum absolute atomic E-state index is 12.6. The lowest BCUT2D eigenvalue weighted by Gasteiger charge is -2.23. The molecule has 0 aliphatic rings. The van der Waals surface area contributed by atoms with E-state index >= 15 is 0 Å². The molecule has 0 aromatic heterocycles. The quantitative estimate of drug-likeness (QED) is 0.454. The number of ether oxygens (including phenoxy) is 1. The number of amides is 2. The fraction of sp³-hybridized carbons (Fsp3) is 0.238. The summed E-state index contributed by atoms with van der Waals surface area (Å²) < 4.78 is 4.65. The molecule has 0 aliphatic carbocycles. The summed E-state index contributed by atoms with van der Waals surface area (Å²) in [5.41, 5.74) is 0.275. The van der Waals surface area contributed by atoms with Crippen molar-refractivity contribution in [3.05, 3.63) is 59.7 Å². The van der Waals surface area contributed by atoms with Gasteiger partial charge in [-0.25, -0.2) is 4.79 Å². The molecule has 2 aromatic carbocycles. The summed E-state index contributed by atoms with van der Waals surface area (Å²) in [5.74, 6) is -1.65. The minimum atomic E-state index is -1.39. The van der Waals surface area contributed by atoms with Gasteiger partial charge in [-0.15, -0.1) is 0 Å². The third kappa shape index (κ3) is 4.82. The second-order valence-corrected chi connectivity index (χ2v) is 6.74. The molecule has 146 valence electrons. The van der Waals surface area contributed by atoms with E-state index in [4.69, 9.17) is 0 Å². The number of carbonyl (C=O) groups excluding carboxylic acids is 4. The van der Waals surface area contributed by atoms with Crippen LogP contribution in [-0.4, -0.2) is 30.7 Å². The van der Waals surface area contributed by atoms with Crippen LogP contribution in [0.3, 0.4) is 0 Å². The van der Waals surface area contributed by atoms with Gasteiger partial charge in [0.1, 0.15) is 5.41 Å². The highest BCUT2D eigenvalue weighted by molar-refractivity contribution is 6.14. The Kier molecular flexibility index (Phi) is 6.30. The zero-order valence-electron chi connectivity index (χ0n) is 16.2. The Labute approximate surface area is 163 Å². The minimum Gasteiger partial charge on any atom is -0.465 e. The predicted molar refractivity (Wildman–Crippen MR) is 105 cm³/mol. The highest BCUT2D eigenvalue weighted by Gasteiger charge is 2.36. The highest BCUT2D eigenvalue weighted by Crippen LogP contribution is 2.22. The minimum absolute atomic E-state index is 0.0771. The molecule has 28 heavy (non-hydrogen) atoms. The first-order valence-electron chi connectivity index (χ1n) is 8.57. The number of carbonyl (C=O) groups is 4. The van der Waals surface area contributed by atoms with Crippen LogP contribution in [-0.2, 0) is 14.3 Å². The third-order valence-corrected chi connectivity index (χ3v) is 4.23. The average molecular weight is 382 g/mol. The Morgan fingerprint density at radius 1 is 0.821 bits per heavy atom. The molecule has 0 bridgehead atoms. The standard InChI is InChI=1S/C21H22N2O5/c1-13(24)14-8-10-16(11-9-14)22-19(26)21(2,3)20(27)23-17-7-5-6-15(12-17)18(25)28-4/h5-12H,1-4H3,(H,22,26)(H,23,27). The molecule has 0 saturated heterocycles. The third-order valence-electron chi connectivity index (χ3n) is 4.23. The van der Waals surface area contributed by atoms with Crippen molar-refractivity contribution >= 4 is 34.9 Å². The molecule has 7 heteroatoms. The molecule has 0 radical (unpaired) electrons. The van der Waals surface area contributed by atoms with Gasteiger partial charge in [-0.3, -0.25) is 14.4 Å². The van der Waals surface area contributed by atoms with Gasteiger partial charge in [0.05, 0.1) is 12.7 Å². The number of ketones is 1. The van der Waals surface area contributed by atoms with Crippen LogP contribution < -0.4 is 10.6 Å². The van der Waals surface area contributed by atoms with E-state index in [0.717, 1.165) is 0 Å². The normalized spacial score (nSPS) is 10.7. The van der Waals surface area contributed by atoms with Crippen LogP contribution in [0.1, 0.15) is 41.5 Å². The van der Waals surface area contributed by atoms with E-state index in [1.165, 1.54) is 33.9 Å². The van der Waals surface area contributed by atoms with Crippen molar-refractivity contribution in [1.29, 1.82) is 0 Å². The van der Waals surface area contributed by atoms with Crippen molar-refractivity contribution < 1.29 is 23.9 Å². The van der Waals surface area contributed by atoms with Gasteiger partial charge < -0.3 is 15.4 Å². The first-order chi connectivity index (χ1) is 13.1. The van der Waals surface area contributed by atoms with Crippen LogP contribution in [0, 0.1) is 5.41 Å². The molecule has 2 amide bonds. The fourth-order valence-corrected chi connectivity index (χ4v) is 2.31. The van der Waals surface area contributed by atoms with Crippen LogP contribution in [0.4, 0.5) is 11.4 Å². The number of esters is 1. The Morgan fingerprint density at radius 2 is 1.39 bits per heavy atom. The molecule has 0 saturated carbocycles. The molecular formula is C21H22N2O5. The van der Waals surface area contributed by atoms with Crippen molar-refractivity contribution in [2.45, 2.75) is 20.8 Å². The van der Waals surface area contributed by atoms with E-state index in [1.54, 1.807) is 42.5 Å². The molecule has 0 aliphatic heterocycles. The van der Waals surface area contributed by atoms with E-state index in [1.807, 2.05) is 0 Å². The highest BCUT2D eigenvalue weighted by atomic mass is 16.5. The topological polar surface area (TPSA) is 102 Å². The molecule has 0 heterocycles. The summed E-state index contributed by atoms with van der Waals surface area (Å²) in [6.45, 7) is 4.44. The van der Waals surface area contributed by atoms with Gasteiger partial charge in [0.2, 0.25) is 11.8 Å². The first kappa shape index (κ1) is 20.8. The molecule has 2 rings (SSSR count). The summed E-state index contributed by atoms with van der Waals surface area (Å²) in [7, 11) is 1.27. The fourth-order valence-electron chi connectivity index (χ4n) is 2.31. The molecule has 0 atom stereocenters. The van der Waals surface area contributed by atoms with Crippen LogP contribution in [0.15, 0.2) is 48.5 Å². The molecule has 0 spiro atoms. The number of hydrogen-bond acceptors (Lipinski definition) is 5. The smallest absolute Gasteiger partial charge is 0.337 e. The van der Waals surface area contributed by atoms with Gasteiger partial charge in [0.25, 0.3) is 0 Å². The predicted octanol–water partition coefficient (Wildman–Crippen LogP) is 3.28. The second-order valence-electron chi connectivity index (χ2n) is 6.74. The average Bonchev–Trinajstić information content (AvgIpc) is 2.67. The van der Waals surface area contributed by atoms with E-state index < -0.39 is 23.2 Å². The lowest BCUT2D eigenvalue weighted by Crippen LogP contribution is -2.41. The zero-order valence-corrected chi connectivity index (χ0v) is 16.2. The van der Waals surface area contributed by atoms with Gasteiger partial charge in [0.15, 0.2) is 5.78 Å². The van der Waals surface area contributed by atoms with Gasteiger partial charge in [-0.1, -0.05) is 6.07 Å². The SMILES string of the molecule is COC(=O)c1cccc(NC(=O)C(C)(C)C(=O)Nc2ccc(C(C)=O)cc2)c1. The van der Waals surface area contributed by atoms with Crippen LogP contribution in [0.5, 0.6) is 0 Å². The number of rotatable bonds is 6. The molecular weight excluding hydrogens is 360 g/mol. The molecule has 2 aromatic rings. The summed E-state index contributed by atoms with van der Waals surface area (Å²) in [4.78, 5) is 48.1. The van der Waals surface area contributed by atoms with Crippen molar-refractivity contribution in [2.24, 2.45) is 5.41 Å². The van der Waals surface area contributed by atoms with Gasteiger partial charge in [-0.2, -0.15) is 0 Å². The summed E-state index contributed by atoms with van der Waals surface area (Å²) >= 11 is 0. The Hall–Kier alpha value is -3.48. The van der Waals surface area contributed by atoms with Crippen molar-refractivity contribution in [2.75, 3.05) is 17.7 Å². The van der Waals surface area contributed by atoms with Crippen LogP contribution >= 0.6 is 0 Å². The monoisotopic (exact) mass is 382 g/mol. The van der Waals surface area contributed by atoms with Gasteiger partial charge >= 0.3 is 5.97 Å². The number of benzene rings is 2. The number of Topliss-reactive ketones (excluding diaryl/α,β-unsaturated/α-hetero) is 1. The number of methoxy groups -OCH3 is 1. The van der Waals surface area contributed by atoms with Crippen molar-refractivity contribution in [3.63, 3.8) is 0 Å². The summed E-state index contributed by atoms with van der Waals surface area (Å²) in [6, 6.07) is 12.6. The summed E-state index contributed by atoms with van der Waals surface area (Å²) in [5, 5.41) is 5.31. The van der Waals surface area contributed by atoms with Crippen molar-refractivity contribution in [1.82, 2.24) is 0 Å². The van der Waals surface area contributed by atoms with E-state index in [0.29, 0.717) is 16.9 Å². The van der Waals surface area contributed by atoms with Crippen molar-refractivity contribution in [3.8, 4) is 0 Å². The number of nitrogens with one attached hydrogen (secondary N) is 2. The number of hydrogen-bond donors (Lipinski definition) is 2. The second kappa shape index (κ2) is 8.47. The maximum Gasteiger partial charge on any atom is 0.337 e. The van der Waals surface area contributed by atoms with Gasteiger partial charge in [-0.05, 0) is 63.2 Å². The maximum atomic E-state index is 12.6. The molecule has 2 N–H and O–H groups in total. The molecule has 0 unspecified atom stereocenters. The Bertz CT molecular complexity index is 917. The van der Waals surface area contributed by atoms with E-state index in [9.17, 15) is 19.2 Å². The Morgan fingerprint density at radius 3 is 1.93 bits per heavy atom. The van der Waals surface area contributed by atoms with E-state index in [-0.39, 0.29) is 11.3 Å². The first-order valence-corrected chi connectivity index (χ1v) is 8.57.